The van der Waals surface area contributed by atoms with Crippen molar-refractivity contribution in [2.24, 2.45) is 0 Å². The molecule has 0 radical (unpaired) electrons. The first kappa shape index (κ1) is 15.8. The molecule has 0 aliphatic carbocycles. The quantitative estimate of drug-likeness (QED) is 0.732. The van der Waals surface area contributed by atoms with Gasteiger partial charge in [0.2, 0.25) is 0 Å². The third-order valence-electron chi connectivity index (χ3n) is 4.07. The third kappa shape index (κ3) is 2.70. The zero-order chi connectivity index (χ0) is 17.6. The van der Waals surface area contributed by atoms with Crippen LogP contribution in [0.2, 0.25) is 0 Å². The molecule has 4 rings (SSSR count). The summed E-state index contributed by atoms with van der Waals surface area (Å²) in [5.74, 6) is -0.779. The maximum absolute atomic E-state index is 13.9. The number of ether oxygens (including phenoxy) is 2. The summed E-state index contributed by atoms with van der Waals surface area (Å²) < 4.78 is 49.6. The number of hydrogen-bond donors (Lipinski definition) is 0. The van der Waals surface area contributed by atoms with Gasteiger partial charge in [-0.15, -0.1) is 0 Å². The van der Waals surface area contributed by atoms with Crippen molar-refractivity contribution in [1.29, 1.82) is 0 Å². The number of Topliss-reactive ketones (excluding diaryl/α,β-unsaturated/α-hetero) is 1. The first-order valence-electron chi connectivity index (χ1n) is 7.62. The average Bonchev–Trinajstić information content (AvgIpc) is 2.59. The maximum Gasteiger partial charge on any atom is 0.191 e. The van der Waals surface area contributed by atoms with Gasteiger partial charge in [-0.05, 0) is 35.9 Å². The summed E-state index contributed by atoms with van der Waals surface area (Å²) in [7, 11) is -3.91. The summed E-state index contributed by atoms with van der Waals surface area (Å²) in [5, 5.41) is 0. The van der Waals surface area contributed by atoms with Crippen LogP contribution in [-0.4, -0.2) is 33.2 Å². The predicted octanol–water partition coefficient (Wildman–Crippen LogP) is 2.65. The van der Waals surface area contributed by atoms with Crippen LogP contribution in [0, 0.1) is 5.82 Å². The van der Waals surface area contributed by atoms with E-state index in [0.29, 0.717) is 30.3 Å². The predicted molar refractivity (Wildman–Crippen MR) is 88.2 cm³/mol. The Bertz CT molecular complexity index is 1020. The molecule has 0 N–H and O–H groups in total. The molecule has 2 aromatic carbocycles. The number of carbonyl (C=O) groups excluding carboxylic acids is 1. The molecule has 25 heavy (non-hydrogen) atoms. The Labute approximate surface area is 143 Å². The topological polar surface area (TPSA) is 69.7 Å². The molecule has 2 aliphatic rings. The highest BCUT2D eigenvalue weighted by atomic mass is 32.2. The SMILES string of the molecule is O=C1/C(=C/c2ccc3c(c2)OCCO3)CS(=O)(=O)c2c(F)cccc21. The standard InChI is InChI=1S/C18H13FO5S/c19-14-3-1-2-13-17(20)12(10-25(21,22)18(13)14)8-11-4-5-15-16(9-11)24-7-6-23-15/h1-5,8-9H,6-7,10H2/b12-8+. The van der Waals surface area contributed by atoms with Crippen LogP contribution in [-0.2, 0) is 9.84 Å². The molecule has 2 aromatic rings. The Kier molecular flexibility index (Phi) is 3.61. The number of sulfone groups is 1. The summed E-state index contributed by atoms with van der Waals surface area (Å²) >= 11 is 0. The first-order valence-corrected chi connectivity index (χ1v) is 9.27. The van der Waals surface area contributed by atoms with Gasteiger partial charge in [0.25, 0.3) is 0 Å². The monoisotopic (exact) mass is 360 g/mol. The Hall–Kier alpha value is -2.67. The van der Waals surface area contributed by atoms with Gasteiger partial charge < -0.3 is 9.47 Å². The van der Waals surface area contributed by atoms with E-state index in [1.165, 1.54) is 18.2 Å². The van der Waals surface area contributed by atoms with E-state index in [1.54, 1.807) is 18.2 Å². The van der Waals surface area contributed by atoms with Gasteiger partial charge >= 0.3 is 0 Å². The van der Waals surface area contributed by atoms with Crippen LogP contribution in [0.25, 0.3) is 6.08 Å². The van der Waals surface area contributed by atoms with Crippen molar-refractivity contribution in [3.63, 3.8) is 0 Å². The molecule has 0 saturated carbocycles. The molecule has 128 valence electrons. The van der Waals surface area contributed by atoms with Gasteiger partial charge in [0.05, 0.1) is 5.75 Å². The lowest BCUT2D eigenvalue weighted by Crippen LogP contribution is -2.25. The Morgan fingerprint density at radius 1 is 1.04 bits per heavy atom. The van der Waals surface area contributed by atoms with Crippen LogP contribution in [0.15, 0.2) is 46.9 Å². The highest BCUT2D eigenvalue weighted by molar-refractivity contribution is 7.91. The van der Waals surface area contributed by atoms with Gasteiger partial charge in [0, 0.05) is 11.1 Å². The lowest BCUT2D eigenvalue weighted by Gasteiger charge is -2.20. The molecule has 0 aromatic heterocycles. The zero-order valence-corrected chi connectivity index (χ0v) is 13.8. The van der Waals surface area contributed by atoms with Gasteiger partial charge in [-0.3, -0.25) is 4.79 Å². The van der Waals surface area contributed by atoms with Crippen molar-refractivity contribution in [1.82, 2.24) is 0 Å². The molecule has 0 fully saturated rings. The molecule has 0 amide bonds. The molecule has 5 nitrogen and oxygen atoms in total. The Morgan fingerprint density at radius 2 is 1.80 bits per heavy atom. The lowest BCUT2D eigenvalue weighted by molar-refractivity contribution is 0.103. The van der Waals surface area contributed by atoms with Crippen LogP contribution < -0.4 is 9.47 Å². The fourth-order valence-electron chi connectivity index (χ4n) is 2.98. The molecule has 7 heteroatoms. The van der Waals surface area contributed by atoms with E-state index in [-0.39, 0.29) is 11.1 Å². The number of fused-ring (bicyclic) bond motifs is 2. The van der Waals surface area contributed by atoms with Crippen LogP contribution in [0.3, 0.4) is 0 Å². The van der Waals surface area contributed by atoms with Crippen molar-refractivity contribution in [2.45, 2.75) is 4.90 Å². The summed E-state index contributed by atoms with van der Waals surface area (Å²) in [4.78, 5) is 12.1. The molecule has 0 spiro atoms. The van der Waals surface area contributed by atoms with Crippen molar-refractivity contribution in [3.05, 3.63) is 58.9 Å². The minimum atomic E-state index is -3.91. The van der Waals surface area contributed by atoms with E-state index in [0.717, 1.165) is 6.07 Å². The van der Waals surface area contributed by atoms with Crippen molar-refractivity contribution in [2.75, 3.05) is 19.0 Å². The minimum Gasteiger partial charge on any atom is -0.486 e. The van der Waals surface area contributed by atoms with Crippen molar-refractivity contribution < 1.29 is 27.1 Å². The van der Waals surface area contributed by atoms with Gasteiger partial charge in [-0.1, -0.05) is 12.1 Å². The molecule has 0 unspecified atom stereocenters. The number of carbonyl (C=O) groups is 1. The lowest BCUT2D eigenvalue weighted by atomic mass is 10.0. The second-order valence-corrected chi connectivity index (χ2v) is 7.70. The molecule has 2 heterocycles. The number of halogens is 1. The van der Waals surface area contributed by atoms with E-state index < -0.39 is 32.1 Å². The van der Waals surface area contributed by atoms with E-state index in [1.807, 2.05) is 0 Å². The van der Waals surface area contributed by atoms with Crippen LogP contribution in [0.5, 0.6) is 11.5 Å². The highest BCUT2D eigenvalue weighted by Gasteiger charge is 2.35. The first-order chi connectivity index (χ1) is 12.0. The number of rotatable bonds is 1. The highest BCUT2D eigenvalue weighted by Crippen LogP contribution is 2.34. The van der Waals surface area contributed by atoms with Gasteiger partial charge in [0.1, 0.15) is 23.9 Å². The fraction of sp³-hybridized carbons (Fsp3) is 0.167. The number of hydrogen-bond acceptors (Lipinski definition) is 5. The van der Waals surface area contributed by atoms with Gasteiger partial charge in [-0.2, -0.15) is 0 Å². The largest absolute Gasteiger partial charge is 0.486 e. The second kappa shape index (κ2) is 5.70. The maximum atomic E-state index is 13.9. The second-order valence-electron chi connectivity index (χ2n) is 5.78. The fourth-order valence-corrected chi connectivity index (χ4v) is 4.61. The Morgan fingerprint density at radius 3 is 2.60 bits per heavy atom. The zero-order valence-electron chi connectivity index (χ0n) is 13.0. The van der Waals surface area contributed by atoms with E-state index in [2.05, 4.69) is 0 Å². The van der Waals surface area contributed by atoms with Crippen LogP contribution in [0.1, 0.15) is 15.9 Å². The molecular formula is C18H13FO5S. The molecule has 0 atom stereocenters. The minimum absolute atomic E-state index is 0.0924. The van der Waals surface area contributed by atoms with E-state index in [4.69, 9.17) is 9.47 Å². The van der Waals surface area contributed by atoms with Gasteiger partial charge in [0.15, 0.2) is 27.1 Å². The van der Waals surface area contributed by atoms with Crippen LogP contribution >= 0.6 is 0 Å². The summed E-state index contributed by atoms with van der Waals surface area (Å²) in [5.41, 5.74) is 0.576. The average molecular weight is 360 g/mol. The summed E-state index contributed by atoms with van der Waals surface area (Å²) in [6.45, 7) is 0.888. The van der Waals surface area contributed by atoms with E-state index >= 15 is 0 Å². The molecule has 2 aliphatic heterocycles. The summed E-state index contributed by atoms with van der Waals surface area (Å²) in [6, 6.07) is 8.79. The normalized spacial score (nSPS) is 19.6. The molecule has 0 bridgehead atoms. The van der Waals surface area contributed by atoms with E-state index in [9.17, 15) is 17.6 Å². The van der Waals surface area contributed by atoms with Crippen molar-refractivity contribution in [3.8, 4) is 11.5 Å². The number of ketones is 1. The van der Waals surface area contributed by atoms with Crippen LogP contribution in [0.4, 0.5) is 4.39 Å². The number of benzene rings is 2. The third-order valence-corrected chi connectivity index (χ3v) is 5.79. The Balaban J connectivity index is 1.79. The smallest absolute Gasteiger partial charge is 0.191 e. The molecular weight excluding hydrogens is 347 g/mol. The summed E-state index contributed by atoms with van der Waals surface area (Å²) in [6.07, 6.45) is 1.49. The molecule has 0 saturated heterocycles. The van der Waals surface area contributed by atoms with Gasteiger partial charge in [-0.25, -0.2) is 12.8 Å². The van der Waals surface area contributed by atoms with Crippen molar-refractivity contribution >= 4 is 21.7 Å².